The van der Waals surface area contributed by atoms with Crippen molar-refractivity contribution < 1.29 is 4.79 Å². The number of ketones is 1. The molecule has 0 aromatic heterocycles. The Labute approximate surface area is 94.6 Å². The summed E-state index contributed by atoms with van der Waals surface area (Å²) in [6.07, 6.45) is 3.40. The highest BCUT2D eigenvalue weighted by molar-refractivity contribution is 5.85. The quantitative estimate of drug-likeness (QED) is 0.589. The Kier molecular flexibility index (Phi) is 3.33. The second-order valence-corrected chi connectivity index (χ2v) is 7.17. The molecule has 1 aliphatic rings. The molecule has 0 amide bonds. The zero-order valence-corrected chi connectivity index (χ0v) is 11.2. The second-order valence-electron chi connectivity index (χ2n) is 7.17. The van der Waals surface area contributed by atoms with Crippen molar-refractivity contribution in [2.75, 3.05) is 0 Å². The van der Waals surface area contributed by atoms with Crippen LogP contribution in [0.25, 0.3) is 0 Å². The maximum absolute atomic E-state index is 12.4. The van der Waals surface area contributed by atoms with Gasteiger partial charge in [0, 0.05) is 11.8 Å². The zero-order chi connectivity index (χ0) is 11.9. The summed E-state index contributed by atoms with van der Waals surface area (Å²) in [6.45, 7) is 13.2. The van der Waals surface area contributed by atoms with Crippen molar-refractivity contribution in [2.24, 2.45) is 22.7 Å². The molecule has 0 aliphatic heterocycles. The van der Waals surface area contributed by atoms with Gasteiger partial charge in [0.15, 0.2) is 0 Å². The standard InChI is InChI=1S/C14H26O/c1-13(2,3)10-8-7-9-11(12(10)15)14(4,5)6/h10-11H,7-9H2,1-6H3/t10-,11-/m0/s1. The lowest BCUT2D eigenvalue weighted by Gasteiger charge is -2.41. The van der Waals surface area contributed by atoms with Crippen LogP contribution in [0.1, 0.15) is 60.8 Å². The fourth-order valence-electron chi connectivity index (χ4n) is 2.77. The molecule has 0 bridgehead atoms. The van der Waals surface area contributed by atoms with E-state index in [0.717, 1.165) is 12.8 Å². The van der Waals surface area contributed by atoms with Crippen LogP contribution in [0, 0.1) is 22.7 Å². The molecule has 1 nitrogen and oxygen atoms in total. The van der Waals surface area contributed by atoms with E-state index >= 15 is 0 Å². The number of carbonyl (C=O) groups excluding carboxylic acids is 1. The van der Waals surface area contributed by atoms with Gasteiger partial charge in [-0.3, -0.25) is 4.79 Å². The lowest BCUT2D eigenvalue weighted by atomic mass is 9.62. The Morgan fingerprint density at radius 2 is 1.20 bits per heavy atom. The smallest absolute Gasteiger partial charge is 0.140 e. The van der Waals surface area contributed by atoms with E-state index in [2.05, 4.69) is 41.5 Å². The summed E-state index contributed by atoms with van der Waals surface area (Å²) in [6, 6.07) is 0. The van der Waals surface area contributed by atoms with Crippen LogP contribution in [0.3, 0.4) is 0 Å². The molecule has 0 N–H and O–H groups in total. The molecule has 0 radical (unpaired) electrons. The first-order valence-corrected chi connectivity index (χ1v) is 6.18. The van der Waals surface area contributed by atoms with Gasteiger partial charge in [-0.15, -0.1) is 0 Å². The van der Waals surface area contributed by atoms with Crippen molar-refractivity contribution in [1.82, 2.24) is 0 Å². The SMILES string of the molecule is CC(C)(C)[C@H]1CCC[C@H](C(C)(C)C)C1=O. The van der Waals surface area contributed by atoms with Crippen molar-refractivity contribution in [3.63, 3.8) is 0 Å². The summed E-state index contributed by atoms with van der Waals surface area (Å²) in [4.78, 5) is 12.4. The minimum absolute atomic E-state index is 0.140. The lowest BCUT2D eigenvalue weighted by Crippen LogP contribution is -2.41. The molecule has 0 saturated heterocycles. The summed E-state index contributed by atoms with van der Waals surface area (Å²) in [5.41, 5.74) is 0.280. The van der Waals surface area contributed by atoms with Gasteiger partial charge in [0.25, 0.3) is 0 Å². The maximum Gasteiger partial charge on any atom is 0.140 e. The van der Waals surface area contributed by atoms with Crippen LogP contribution in [0.5, 0.6) is 0 Å². The molecule has 1 rings (SSSR count). The molecule has 0 aromatic rings. The van der Waals surface area contributed by atoms with E-state index in [-0.39, 0.29) is 22.7 Å². The third-order valence-electron chi connectivity index (χ3n) is 3.76. The highest BCUT2D eigenvalue weighted by Crippen LogP contribution is 2.43. The second kappa shape index (κ2) is 3.92. The van der Waals surface area contributed by atoms with Gasteiger partial charge in [0.1, 0.15) is 5.78 Å². The van der Waals surface area contributed by atoms with Gasteiger partial charge in [0.2, 0.25) is 0 Å². The first kappa shape index (κ1) is 12.7. The Morgan fingerprint density at radius 1 is 0.867 bits per heavy atom. The average Bonchev–Trinajstić information content (AvgIpc) is 1.99. The minimum atomic E-state index is 0.140. The summed E-state index contributed by atoms with van der Waals surface area (Å²) in [5.74, 6) is 1.06. The largest absolute Gasteiger partial charge is 0.299 e. The molecule has 0 spiro atoms. The van der Waals surface area contributed by atoms with Crippen LogP contribution < -0.4 is 0 Å². The molecule has 0 aromatic carbocycles. The summed E-state index contributed by atoms with van der Waals surface area (Å²) in [7, 11) is 0. The van der Waals surface area contributed by atoms with Gasteiger partial charge < -0.3 is 0 Å². The fraction of sp³-hybridized carbons (Fsp3) is 0.929. The Hall–Kier alpha value is -0.330. The molecular weight excluding hydrogens is 184 g/mol. The van der Waals surface area contributed by atoms with Crippen LogP contribution in [0.2, 0.25) is 0 Å². The Morgan fingerprint density at radius 3 is 1.47 bits per heavy atom. The van der Waals surface area contributed by atoms with Gasteiger partial charge in [0.05, 0.1) is 0 Å². The molecule has 0 unspecified atom stereocenters. The summed E-state index contributed by atoms with van der Waals surface area (Å²) in [5, 5.41) is 0. The average molecular weight is 210 g/mol. The van der Waals surface area contributed by atoms with E-state index in [1.807, 2.05) is 0 Å². The van der Waals surface area contributed by atoms with Crippen molar-refractivity contribution >= 4 is 5.78 Å². The van der Waals surface area contributed by atoms with E-state index in [0.29, 0.717) is 5.78 Å². The number of Topliss-reactive ketones (excluding diaryl/α,β-unsaturated/α-hetero) is 1. The highest BCUT2D eigenvalue weighted by Gasteiger charge is 2.42. The number of rotatable bonds is 0. The lowest BCUT2D eigenvalue weighted by molar-refractivity contribution is -0.136. The van der Waals surface area contributed by atoms with Crippen LogP contribution in [0.15, 0.2) is 0 Å². The minimum Gasteiger partial charge on any atom is -0.299 e. The Bertz CT molecular complexity index is 215. The van der Waals surface area contributed by atoms with Gasteiger partial charge >= 0.3 is 0 Å². The van der Waals surface area contributed by atoms with Crippen LogP contribution in [0.4, 0.5) is 0 Å². The molecule has 88 valence electrons. The van der Waals surface area contributed by atoms with Gasteiger partial charge in [-0.2, -0.15) is 0 Å². The van der Waals surface area contributed by atoms with E-state index in [9.17, 15) is 4.79 Å². The van der Waals surface area contributed by atoms with Gasteiger partial charge in [-0.1, -0.05) is 48.0 Å². The molecule has 1 heteroatoms. The van der Waals surface area contributed by atoms with Crippen molar-refractivity contribution in [3.8, 4) is 0 Å². The molecule has 1 saturated carbocycles. The summed E-state index contributed by atoms with van der Waals surface area (Å²) < 4.78 is 0. The third kappa shape index (κ3) is 2.83. The number of carbonyl (C=O) groups is 1. The number of hydrogen-bond donors (Lipinski definition) is 0. The maximum atomic E-state index is 12.4. The molecular formula is C14H26O. The van der Waals surface area contributed by atoms with Gasteiger partial charge in [-0.25, -0.2) is 0 Å². The molecule has 0 heterocycles. The third-order valence-corrected chi connectivity index (χ3v) is 3.76. The van der Waals surface area contributed by atoms with Crippen molar-refractivity contribution in [1.29, 1.82) is 0 Å². The Balaban J connectivity index is 2.86. The van der Waals surface area contributed by atoms with Gasteiger partial charge in [-0.05, 0) is 23.7 Å². The van der Waals surface area contributed by atoms with Crippen LogP contribution in [-0.4, -0.2) is 5.78 Å². The first-order chi connectivity index (χ1) is 6.64. The molecule has 1 aliphatic carbocycles. The van der Waals surface area contributed by atoms with Crippen molar-refractivity contribution in [3.05, 3.63) is 0 Å². The van der Waals surface area contributed by atoms with Crippen molar-refractivity contribution in [2.45, 2.75) is 60.8 Å². The monoisotopic (exact) mass is 210 g/mol. The van der Waals surface area contributed by atoms with E-state index in [1.165, 1.54) is 6.42 Å². The highest BCUT2D eigenvalue weighted by atomic mass is 16.1. The molecule has 2 atom stereocenters. The predicted octanol–water partition coefficient (Wildman–Crippen LogP) is 4.06. The summed E-state index contributed by atoms with van der Waals surface area (Å²) >= 11 is 0. The first-order valence-electron chi connectivity index (χ1n) is 6.18. The topological polar surface area (TPSA) is 17.1 Å². The normalized spacial score (nSPS) is 29.3. The van der Waals surface area contributed by atoms with Crippen LogP contribution in [-0.2, 0) is 4.79 Å². The van der Waals surface area contributed by atoms with Crippen LogP contribution >= 0.6 is 0 Å². The predicted molar refractivity (Wildman–Crippen MR) is 64.7 cm³/mol. The molecule has 15 heavy (non-hydrogen) atoms. The number of hydrogen-bond acceptors (Lipinski definition) is 1. The fourth-order valence-corrected chi connectivity index (χ4v) is 2.77. The van der Waals surface area contributed by atoms with E-state index in [4.69, 9.17) is 0 Å². The zero-order valence-electron chi connectivity index (χ0n) is 11.2. The van der Waals surface area contributed by atoms with E-state index < -0.39 is 0 Å². The molecule has 1 fully saturated rings. The van der Waals surface area contributed by atoms with E-state index in [1.54, 1.807) is 0 Å².